The molecule has 3 aromatic carbocycles. The molecule has 0 bridgehead atoms. The number of nitrogens with one attached hydrogen (secondary N) is 1. The highest BCUT2D eigenvalue weighted by molar-refractivity contribution is 7.92. The summed E-state index contributed by atoms with van der Waals surface area (Å²) in [7, 11) is -2.67. The molecule has 1 N–H and O–H groups in total. The van der Waals surface area contributed by atoms with Crippen molar-refractivity contribution in [1.82, 2.24) is 5.32 Å². The van der Waals surface area contributed by atoms with Crippen molar-refractivity contribution in [2.24, 2.45) is 0 Å². The molecule has 3 aromatic rings. The van der Waals surface area contributed by atoms with Crippen LogP contribution in [0.1, 0.15) is 24.0 Å². The van der Waals surface area contributed by atoms with E-state index in [4.69, 9.17) is 21.1 Å². The quantitative estimate of drug-likeness (QED) is 0.423. The van der Waals surface area contributed by atoms with Crippen LogP contribution in [-0.2, 0) is 25.0 Å². The van der Waals surface area contributed by atoms with Crippen LogP contribution in [0.2, 0.25) is 5.02 Å². The molecule has 0 aliphatic carbocycles. The number of hydrogen-bond acceptors (Lipinski definition) is 5. The first kappa shape index (κ1) is 27.0. The average Bonchev–Trinajstić information content (AvgIpc) is 2.92. The lowest BCUT2D eigenvalue weighted by Crippen LogP contribution is -2.48. The number of anilines is 1. The van der Waals surface area contributed by atoms with Gasteiger partial charge in [0.05, 0.1) is 17.7 Å². The van der Waals surface area contributed by atoms with Gasteiger partial charge in [-0.1, -0.05) is 59.6 Å². The highest BCUT2D eigenvalue weighted by atomic mass is 35.5. The van der Waals surface area contributed by atoms with Gasteiger partial charge < -0.3 is 14.8 Å². The third-order valence-electron chi connectivity index (χ3n) is 6.77. The maximum absolute atomic E-state index is 13.8. The lowest BCUT2D eigenvalue weighted by molar-refractivity contribution is -0.120. The van der Waals surface area contributed by atoms with E-state index in [1.54, 1.807) is 24.3 Å². The Morgan fingerprint density at radius 2 is 1.73 bits per heavy atom. The van der Waals surface area contributed by atoms with Crippen LogP contribution in [0.15, 0.2) is 77.7 Å². The normalized spacial score (nSPS) is 15.1. The number of carbonyl (C=O) groups is 1. The number of benzene rings is 3. The standard InChI is InChI=1S/C28H31ClN2O5S/c1-21-8-11-24(12-9-21)37(33,34)31(25-18-23(29)10-13-26(25)35-2)19-27(32)30-20-28(14-16-36-17-15-28)22-6-4-3-5-7-22/h3-13,18H,14-17,19-20H2,1-2H3,(H,30,32). The van der Waals surface area contributed by atoms with Crippen molar-refractivity contribution >= 4 is 33.2 Å². The van der Waals surface area contributed by atoms with Crippen molar-refractivity contribution in [3.05, 3.63) is 88.9 Å². The van der Waals surface area contributed by atoms with Crippen LogP contribution in [0, 0.1) is 6.92 Å². The van der Waals surface area contributed by atoms with E-state index in [1.807, 2.05) is 25.1 Å². The number of ether oxygens (including phenoxy) is 2. The number of hydrogen-bond donors (Lipinski definition) is 1. The second-order valence-corrected chi connectivity index (χ2v) is 11.5. The molecule has 9 heteroatoms. The van der Waals surface area contributed by atoms with Gasteiger partial charge in [-0.05, 0) is 55.7 Å². The fourth-order valence-corrected chi connectivity index (χ4v) is 6.16. The van der Waals surface area contributed by atoms with Crippen molar-refractivity contribution in [2.75, 3.05) is 37.7 Å². The molecule has 1 heterocycles. The van der Waals surface area contributed by atoms with Gasteiger partial charge in [0.15, 0.2) is 0 Å². The highest BCUT2D eigenvalue weighted by Gasteiger charge is 2.36. The maximum Gasteiger partial charge on any atom is 0.264 e. The minimum Gasteiger partial charge on any atom is -0.495 e. The molecule has 0 aromatic heterocycles. The third kappa shape index (κ3) is 6.09. The van der Waals surface area contributed by atoms with Crippen LogP contribution in [0.25, 0.3) is 0 Å². The minimum absolute atomic E-state index is 0.0677. The summed E-state index contributed by atoms with van der Waals surface area (Å²) in [4.78, 5) is 13.4. The number of halogens is 1. The van der Waals surface area contributed by atoms with Crippen LogP contribution in [0.3, 0.4) is 0 Å². The van der Waals surface area contributed by atoms with E-state index < -0.39 is 22.5 Å². The fraction of sp³-hybridized carbons (Fsp3) is 0.321. The topological polar surface area (TPSA) is 84.9 Å². The first-order chi connectivity index (χ1) is 17.7. The minimum atomic E-state index is -4.11. The van der Waals surface area contributed by atoms with Crippen molar-refractivity contribution in [1.29, 1.82) is 0 Å². The molecule has 0 radical (unpaired) electrons. The first-order valence-corrected chi connectivity index (χ1v) is 13.9. The molecular formula is C28H31ClN2O5S. The molecule has 0 atom stereocenters. The Morgan fingerprint density at radius 1 is 1.05 bits per heavy atom. The van der Waals surface area contributed by atoms with Gasteiger partial charge in [-0.15, -0.1) is 0 Å². The van der Waals surface area contributed by atoms with Crippen LogP contribution in [0.4, 0.5) is 5.69 Å². The van der Waals surface area contributed by atoms with Gasteiger partial charge in [-0.3, -0.25) is 9.10 Å². The molecule has 37 heavy (non-hydrogen) atoms. The summed E-state index contributed by atoms with van der Waals surface area (Å²) in [6.07, 6.45) is 1.51. The lowest BCUT2D eigenvalue weighted by atomic mass is 9.74. The van der Waals surface area contributed by atoms with Crippen molar-refractivity contribution in [2.45, 2.75) is 30.1 Å². The molecule has 1 saturated heterocycles. The Hall–Kier alpha value is -3.07. The third-order valence-corrected chi connectivity index (χ3v) is 8.77. The second kappa shape index (κ2) is 11.5. The van der Waals surface area contributed by atoms with Gasteiger partial charge in [-0.25, -0.2) is 8.42 Å². The molecule has 0 saturated carbocycles. The van der Waals surface area contributed by atoms with Crippen LogP contribution < -0.4 is 14.4 Å². The van der Waals surface area contributed by atoms with Gasteiger partial charge in [-0.2, -0.15) is 0 Å². The van der Waals surface area contributed by atoms with Crippen molar-refractivity contribution in [3.63, 3.8) is 0 Å². The van der Waals surface area contributed by atoms with Gasteiger partial charge in [0.1, 0.15) is 12.3 Å². The Bertz CT molecular complexity index is 1320. The van der Waals surface area contributed by atoms with Crippen molar-refractivity contribution in [3.8, 4) is 5.75 Å². The van der Waals surface area contributed by atoms with Crippen molar-refractivity contribution < 1.29 is 22.7 Å². The number of methoxy groups -OCH3 is 1. The summed E-state index contributed by atoms with van der Waals surface area (Å²) >= 11 is 6.23. The predicted octanol–water partition coefficient (Wildman–Crippen LogP) is 4.72. The molecule has 4 rings (SSSR count). The summed E-state index contributed by atoms with van der Waals surface area (Å²) in [5.74, 6) is -0.141. The molecule has 1 fully saturated rings. The van der Waals surface area contributed by atoms with E-state index in [1.165, 1.54) is 25.3 Å². The van der Waals surface area contributed by atoms with Gasteiger partial charge >= 0.3 is 0 Å². The lowest BCUT2D eigenvalue weighted by Gasteiger charge is -2.38. The zero-order valence-electron chi connectivity index (χ0n) is 20.9. The fourth-order valence-electron chi connectivity index (χ4n) is 4.57. The Balaban J connectivity index is 1.64. The van der Waals surface area contributed by atoms with Gasteiger partial charge in [0.2, 0.25) is 5.91 Å². The molecule has 0 spiro atoms. The van der Waals surface area contributed by atoms with E-state index in [0.717, 1.165) is 28.3 Å². The maximum atomic E-state index is 13.8. The zero-order valence-corrected chi connectivity index (χ0v) is 22.5. The molecule has 7 nitrogen and oxygen atoms in total. The predicted molar refractivity (Wildman–Crippen MR) is 145 cm³/mol. The van der Waals surface area contributed by atoms with E-state index in [9.17, 15) is 13.2 Å². The van der Waals surface area contributed by atoms with Crippen LogP contribution >= 0.6 is 11.6 Å². The van der Waals surface area contributed by atoms with E-state index in [0.29, 0.717) is 24.8 Å². The zero-order chi connectivity index (χ0) is 26.5. The molecular weight excluding hydrogens is 512 g/mol. The Labute approximate surface area is 223 Å². The number of carbonyl (C=O) groups excluding carboxylic acids is 1. The Morgan fingerprint density at radius 3 is 2.38 bits per heavy atom. The Kier molecular flexibility index (Phi) is 8.42. The smallest absolute Gasteiger partial charge is 0.264 e. The number of nitrogens with zero attached hydrogens (tertiary/aromatic N) is 1. The summed E-state index contributed by atoms with van der Waals surface area (Å²) in [5.41, 5.74) is 1.95. The monoisotopic (exact) mass is 542 g/mol. The number of rotatable bonds is 9. The molecule has 1 aliphatic heterocycles. The first-order valence-electron chi connectivity index (χ1n) is 12.1. The van der Waals surface area contributed by atoms with Crippen LogP contribution in [-0.4, -0.2) is 47.7 Å². The largest absolute Gasteiger partial charge is 0.495 e. The van der Waals surface area contributed by atoms with E-state index in [-0.39, 0.29) is 21.7 Å². The number of sulfonamides is 1. The SMILES string of the molecule is COc1ccc(Cl)cc1N(CC(=O)NCC1(c2ccccc2)CCOCC1)S(=O)(=O)c1ccc(C)cc1. The number of amides is 1. The summed E-state index contributed by atoms with van der Waals surface area (Å²) < 4.78 is 39.6. The van der Waals surface area contributed by atoms with Gasteiger partial charge in [0, 0.05) is 30.2 Å². The molecule has 0 unspecified atom stereocenters. The second-order valence-electron chi connectivity index (χ2n) is 9.18. The summed E-state index contributed by atoms with van der Waals surface area (Å²) in [6.45, 7) is 3.00. The van der Waals surface area contributed by atoms with Gasteiger partial charge in [0.25, 0.3) is 10.0 Å². The summed E-state index contributed by atoms with van der Waals surface area (Å²) in [6, 6.07) is 21.2. The highest BCUT2D eigenvalue weighted by Crippen LogP contribution is 2.36. The molecule has 1 aliphatic rings. The molecule has 1 amide bonds. The number of aryl methyl sites for hydroxylation is 1. The van der Waals surface area contributed by atoms with Crippen LogP contribution in [0.5, 0.6) is 5.75 Å². The summed E-state index contributed by atoms with van der Waals surface area (Å²) in [5, 5.41) is 3.33. The van der Waals surface area contributed by atoms with E-state index in [2.05, 4.69) is 17.4 Å². The molecule has 196 valence electrons. The average molecular weight is 543 g/mol. The van der Waals surface area contributed by atoms with E-state index >= 15 is 0 Å².